The molecule has 0 radical (unpaired) electrons. The molecule has 1 aromatic carbocycles. The summed E-state index contributed by atoms with van der Waals surface area (Å²) in [5, 5.41) is 0. The third-order valence-corrected chi connectivity index (χ3v) is 6.28. The number of benzene rings is 1. The molecule has 27 heavy (non-hydrogen) atoms. The topological polar surface area (TPSA) is 123 Å². The number of nitrogens with two attached hydrogens (primary N) is 2. The van der Waals surface area contributed by atoms with Gasteiger partial charge in [0.25, 0.3) is 10.1 Å². The quantitative estimate of drug-likeness (QED) is 0.442. The molecule has 1 aliphatic carbocycles. The van der Waals surface area contributed by atoms with Gasteiger partial charge in [-0.3, -0.25) is 9.35 Å². The highest BCUT2D eigenvalue weighted by molar-refractivity contribution is 7.99. The maximum absolute atomic E-state index is 14.0. The van der Waals surface area contributed by atoms with Gasteiger partial charge in [-0.2, -0.15) is 8.42 Å². The third-order valence-electron chi connectivity index (χ3n) is 4.02. The van der Waals surface area contributed by atoms with Gasteiger partial charge in [-0.25, -0.2) is 4.39 Å². The second kappa shape index (κ2) is 11.9. The molecule has 1 fully saturated rings. The highest BCUT2D eigenvalue weighted by atomic mass is 32.2. The van der Waals surface area contributed by atoms with Crippen LogP contribution < -0.4 is 11.5 Å². The molecule has 5 N–H and O–H groups in total. The number of carbonyl (C=O) groups is 1. The van der Waals surface area contributed by atoms with Gasteiger partial charge in [0.05, 0.1) is 6.26 Å². The summed E-state index contributed by atoms with van der Waals surface area (Å²) in [6.07, 6.45) is 4.87. The van der Waals surface area contributed by atoms with Crippen LogP contribution in [-0.4, -0.2) is 43.2 Å². The van der Waals surface area contributed by atoms with E-state index in [0.717, 1.165) is 36.3 Å². The number of halogens is 1. The van der Waals surface area contributed by atoms with Crippen molar-refractivity contribution >= 4 is 39.5 Å². The van der Waals surface area contributed by atoms with E-state index in [1.807, 2.05) is 12.1 Å². The fraction of sp³-hybridized carbons (Fsp3) is 0.588. The fourth-order valence-electron chi connectivity index (χ4n) is 2.84. The van der Waals surface area contributed by atoms with E-state index in [2.05, 4.69) is 0 Å². The molecule has 0 spiro atoms. The van der Waals surface area contributed by atoms with Crippen molar-refractivity contribution in [1.29, 1.82) is 0 Å². The van der Waals surface area contributed by atoms with Crippen LogP contribution in [0.3, 0.4) is 0 Å². The van der Waals surface area contributed by atoms with E-state index in [1.54, 1.807) is 17.8 Å². The Morgan fingerprint density at radius 3 is 2.48 bits per heavy atom. The maximum atomic E-state index is 14.0. The minimum atomic E-state index is -3.67. The Kier molecular flexibility index (Phi) is 10.7. The molecule has 0 bridgehead atoms. The molecular formula is C17H27FN2O4S3. The minimum Gasteiger partial charge on any atom is -0.369 e. The van der Waals surface area contributed by atoms with E-state index in [0.29, 0.717) is 29.4 Å². The van der Waals surface area contributed by atoms with Gasteiger partial charge in [-0.1, -0.05) is 12.8 Å². The molecule has 1 aliphatic rings. The van der Waals surface area contributed by atoms with Crippen LogP contribution in [0.5, 0.6) is 0 Å². The molecule has 1 saturated carbocycles. The number of amides is 1. The van der Waals surface area contributed by atoms with E-state index in [4.69, 9.17) is 16.0 Å². The number of hydrogen-bond acceptors (Lipinski definition) is 6. The lowest BCUT2D eigenvalue weighted by Crippen LogP contribution is -2.33. The average Bonchev–Trinajstić information content (AvgIpc) is 2.58. The van der Waals surface area contributed by atoms with Crippen LogP contribution in [0.2, 0.25) is 0 Å². The summed E-state index contributed by atoms with van der Waals surface area (Å²) in [5.41, 5.74) is 10.9. The van der Waals surface area contributed by atoms with E-state index in [-0.39, 0.29) is 17.6 Å². The predicted octanol–water partition coefficient (Wildman–Crippen LogP) is 2.76. The van der Waals surface area contributed by atoms with Crippen molar-refractivity contribution in [3.05, 3.63) is 24.0 Å². The Bertz CT molecular complexity index is 708. The molecule has 1 aromatic rings. The molecule has 2 atom stereocenters. The number of carbonyl (C=O) groups excluding carboxylic acids is 1. The van der Waals surface area contributed by atoms with E-state index in [1.165, 1.54) is 11.8 Å². The summed E-state index contributed by atoms with van der Waals surface area (Å²) < 4.78 is 39.9. The Balaban J connectivity index is 0.000000646. The molecule has 0 saturated heterocycles. The van der Waals surface area contributed by atoms with Crippen molar-refractivity contribution in [2.45, 2.75) is 35.5 Å². The maximum Gasteiger partial charge on any atom is 0.261 e. The van der Waals surface area contributed by atoms with Gasteiger partial charge in [0, 0.05) is 33.8 Å². The van der Waals surface area contributed by atoms with Crippen LogP contribution in [0.15, 0.2) is 28.0 Å². The Morgan fingerprint density at radius 2 is 1.93 bits per heavy atom. The van der Waals surface area contributed by atoms with Crippen LogP contribution in [0.4, 0.5) is 4.39 Å². The first-order valence-corrected chi connectivity index (χ1v) is 12.4. The van der Waals surface area contributed by atoms with Crippen LogP contribution in [0.25, 0.3) is 0 Å². The smallest absolute Gasteiger partial charge is 0.261 e. The monoisotopic (exact) mass is 438 g/mol. The highest BCUT2D eigenvalue weighted by Gasteiger charge is 2.29. The standard InChI is InChI=1S/C16H23FN2OS2.CH4O3S/c17-14-9-12(5-6-15(14)21-8-7-18)22-10-11-3-1-2-4-13(11)16(19)20;1-5(2,3)4/h5-6,9,11,13H,1-4,7-8,10,18H2,(H2,19,20);1H3,(H,2,3,4). The largest absolute Gasteiger partial charge is 0.369 e. The SMILES string of the molecule is CS(=O)(=O)O.NCCSc1ccc(SCC2CCCCC2C(N)=O)cc1F. The first-order chi connectivity index (χ1) is 12.6. The minimum absolute atomic E-state index is 0.0227. The molecule has 154 valence electrons. The average molecular weight is 439 g/mol. The van der Waals surface area contributed by atoms with E-state index < -0.39 is 10.1 Å². The summed E-state index contributed by atoms with van der Waals surface area (Å²) >= 11 is 3.05. The highest BCUT2D eigenvalue weighted by Crippen LogP contribution is 2.35. The second-order valence-corrected chi connectivity index (χ2v) is 10.0. The summed E-state index contributed by atoms with van der Waals surface area (Å²) in [6, 6.07) is 5.32. The van der Waals surface area contributed by atoms with Gasteiger partial charge < -0.3 is 11.5 Å². The van der Waals surface area contributed by atoms with Crippen LogP contribution >= 0.6 is 23.5 Å². The normalized spacial score (nSPS) is 19.9. The van der Waals surface area contributed by atoms with Crippen molar-refractivity contribution in [3.8, 4) is 0 Å². The molecule has 6 nitrogen and oxygen atoms in total. The summed E-state index contributed by atoms with van der Waals surface area (Å²) in [6.45, 7) is 0.538. The molecule has 0 aromatic heterocycles. The molecule has 2 unspecified atom stereocenters. The van der Waals surface area contributed by atoms with Crippen molar-refractivity contribution in [1.82, 2.24) is 0 Å². The van der Waals surface area contributed by atoms with Crippen molar-refractivity contribution < 1.29 is 22.2 Å². The predicted molar refractivity (Wildman–Crippen MR) is 109 cm³/mol. The first-order valence-electron chi connectivity index (χ1n) is 8.58. The first kappa shape index (κ1) is 24.2. The van der Waals surface area contributed by atoms with Gasteiger partial charge in [0.15, 0.2) is 0 Å². The Labute approximate surface area is 168 Å². The van der Waals surface area contributed by atoms with Crippen LogP contribution in [-0.2, 0) is 14.9 Å². The molecule has 10 heteroatoms. The fourth-order valence-corrected chi connectivity index (χ4v) is 4.70. The van der Waals surface area contributed by atoms with Crippen LogP contribution in [0, 0.1) is 17.7 Å². The molecule has 2 rings (SSSR count). The zero-order valence-corrected chi connectivity index (χ0v) is 17.7. The zero-order valence-electron chi connectivity index (χ0n) is 15.3. The van der Waals surface area contributed by atoms with E-state index in [9.17, 15) is 17.6 Å². The lowest BCUT2D eigenvalue weighted by molar-refractivity contribution is -0.124. The number of hydrogen-bond donors (Lipinski definition) is 3. The summed E-state index contributed by atoms with van der Waals surface area (Å²) in [5.74, 6) is 1.44. The van der Waals surface area contributed by atoms with Crippen molar-refractivity contribution in [3.63, 3.8) is 0 Å². The third kappa shape index (κ3) is 10.3. The second-order valence-electron chi connectivity index (χ2n) is 6.33. The lowest BCUT2D eigenvalue weighted by atomic mass is 9.80. The number of thioether (sulfide) groups is 2. The van der Waals surface area contributed by atoms with Gasteiger partial charge in [0.2, 0.25) is 5.91 Å². The number of primary amides is 1. The van der Waals surface area contributed by atoms with Gasteiger partial charge in [-0.05, 0) is 37.0 Å². The van der Waals surface area contributed by atoms with Gasteiger partial charge >= 0.3 is 0 Å². The molecule has 0 heterocycles. The van der Waals surface area contributed by atoms with Gasteiger partial charge in [0.1, 0.15) is 5.82 Å². The van der Waals surface area contributed by atoms with Crippen molar-refractivity contribution in [2.24, 2.45) is 23.3 Å². The summed E-state index contributed by atoms with van der Waals surface area (Å²) in [4.78, 5) is 13.1. The number of rotatable bonds is 7. The van der Waals surface area contributed by atoms with Crippen LogP contribution in [0.1, 0.15) is 25.7 Å². The molecule has 0 aliphatic heterocycles. The van der Waals surface area contributed by atoms with Crippen molar-refractivity contribution in [2.75, 3.05) is 24.3 Å². The van der Waals surface area contributed by atoms with E-state index >= 15 is 0 Å². The summed E-state index contributed by atoms with van der Waals surface area (Å²) in [7, 11) is -3.67. The molecular weight excluding hydrogens is 411 g/mol. The Hall–Kier alpha value is -0.810. The molecule has 1 amide bonds. The van der Waals surface area contributed by atoms with Gasteiger partial charge in [-0.15, -0.1) is 23.5 Å². The lowest BCUT2D eigenvalue weighted by Gasteiger charge is -2.28. The Morgan fingerprint density at radius 1 is 1.30 bits per heavy atom. The zero-order chi connectivity index (χ0) is 20.4.